The van der Waals surface area contributed by atoms with Crippen LogP contribution in [0.5, 0.6) is 0 Å². The quantitative estimate of drug-likeness (QED) is 0.172. The van der Waals surface area contributed by atoms with Crippen molar-refractivity contribution >= 4 is 0 Å². The summed E-state index contributed by atoms with van der Waals surface area (Å²) in [5.74, 6) is 0.474. The summed E-state index contributed by atoms with van der Waals surface area (Å²) in [5, 5.41) is 0. The summed E-state index contributed by atoms with van der Waals surface area (Å²) in [5.41, 5.74) is -1.49. The Labute approximate surface area is 204 Å². The Bertz CT molecular complexity index is 1190. The molecular formula is C23H16F6N4Pd. The van der Waals surface area contributed by atoms with E-state index in [9.17, 15) is 26.3 Å². The second kappa shape index (κ2) is 9.04. The molecule has 4 heterocycles. The third-order valence-electron chi connectivity index (χ3n) is 5.15. The van der Waals surface area contributed by atoms with Crippen molar-refractivity contribution in [1.29, 1.82) is 0 Å². The van der Waals surface area contributed by atoms with Crippen LogP contribution in [0.15, 0.2) is 60.9 Å². The minimum atomic E-state index is -4.50. The maximum absolute atomic E-state index is 12.9. The van der Waals surface area contributed by atoms with E-state index in [4.69, 9.17) is 0 Å². The predicted molar refractivity (Wildman–Crippen MR) is 107 cm³/mol. The van der Waals surface area contributed by atoms with E-state index in [0.29, 0.717) is 11.4 Å². The van der Waals surface area contributed by atoms with Gasteiger partial charge in [0.15, 0.2) is 0 Å². The summed E-state index contributed by atoms with van der Waals surface area (Å²) in [7, 11) is 0. The van der Waals surface area contributed by atoms with Gasteiger partial charge in [0.25, 0.3) is 0 Å². The molecule has 0 aromatic carbocycles. The Kier molecular flexibility index (Phi) is 6.84. The van der Waals surface area contributed by atoms with Gasteiger partial charge in [0.1, 0.15) is 0 Å². The summed E-state index contributed by atoms with van der Waals surface area (Å²) < 4.78 is 79.8. The third-order valence-corrected chi connectivity index (χ3v) is 5.15. The summed E-state index contributed by atoms with van der Waals surface area (Å²) in [6.45, 7) is 3.62. The molecule has 0 atom stereocenters. The number of halogens is 6. The molecule has 4 rings (SSSR count). The van der Waals surface area contributed by atoms with E-state index in [1.165, 1.54) is 0 Å². The smallest absolute Gasteiger partial charge is 0.435 e. The van der Waals surface area contributed by atoms with E-state index in [-0.39, 0.29) is 32.1 Å². The van der Waals surface area contributed by atoms with E-state index in [1.807, 2.05) is 13.8 Å². The van der Waals surface area contributed by atoms with Gasteiger partial charge in [-0.3, -0.25) is 9.97 Å². The molecule has 0 fully saturated rings. The zero-order valence-corrected chi connectivity index (χ0v) is 19.2. The topological polar surface area (TPSA) is 35.6 Å². The molecule has 0 radical (unpaired) electrons. The van der Waals surface area contributed by atoms with Gasteiger partial charge in [-0.15, -0.1) is 24.5 Å². The number of aromatic nitrogens is 4. The Morgan fingerprint density at radius 2 is 1.06 bits per heavy atom. The molecule has 0 spiro atoms. The van der Waals surface area contributed by atoms with Gasteiger partial charge in [-0.05, 0) is 37.1 Å². The first-order chi connectivity index (χ1) is 15.4. The van der Waals surface area contributed by atoms with Crippen LogP contribution in [-0.2, 0) is 38.2 Å². The van der Waals surface area contributed by atoms with E-state index >= 15 is 0 Å². The van der Waals surface area contributed by atoms with Gasteiger partial charge in [0, 0.05) is 16.8 Å². The molecule has 0 aliphatic carbocycles. The van der Waals surface area contributed by atoms with Crippen LogP contribution >= 0.6 is 0 Å². The zero-order chi connectivity index (χ0) is 24.0. The van der Waals surface area contributed by atoms with Gasteiger partial charge < -0.3 is 9.13 Å². The van der Waals surface area contributed by atoms with E-state index in [1.54, 1.807) is 36.4 Å². The van der Waals surface area contributed by atoms with Gasteiger partial charge in [0.05, 0.1) is 11.6 Å². The van der Waals surface area contributed by atoms with Gasteiger partial charge in [-0.1, -0.05) is 36.7 Å². The van der Waals surface area contributed by atoms with Crippen LogP contribution in [0.1, 0.15) is 36.4 Å². The standard InChI is InChI=1S/C23H16F6N4.Pd/c1-21(2,17-5-3-7-19(30-17)32-11-9-15(13-32)22(24,25)26)18-6-4-8-20(31-18)33-12-10-16(14-33)23(27,28)29;/h3-10,13-14H,1-2H3;/q-2;+2. The van der Waals surface area contributed by atoms with E-state index < -0.39 is 28.9 Å². The van der Waals surface area contributed by atoms with Crippen LogP contribution in [-0.4, -0.2) is 19.1 Å². The van der Waals surface area contributed by atoms with Crippen LogP contribution in [0.4, 0.5) is 26.3 Å². The molecule has 0 unspecified atom stereocenters. The summed E-state index contributed by atoms with van der Waals surface area (Å²) >= 11 is 0. The predicted octanol–water partition coefficient (Wildman–Crippen LogP) is 6.02. The molecule has 180 valence electrons. The van der Waals surface area contributed by atoms with Crippen LogP contribution in [0.3, 0.4) is 0 Å². The minimum Gasteiger partial charge on any atom is -0.435 e. The Morgan fingerprint density at radius 3 is 1.38 bits per heavy atom. The molecule has 4 aromatic heterocycles. The SMILES string of the molecule is CC(C)(c1cccc(-n2[c-]cc(C(F)(F)F)c2)n1)c1cccc(-n2[c-]cc(C(F)(F)F)c2)n1.[Pd+2]. The molecule has 0 aliphatic rings. The van der Waals surface area contributed by atoms with Gasteiger partial charge in [0.2, 0.25) is 0 Å². The fourth-order valence-corrected chi connectivity index (χ4v) is 3.22. The fourth-order valence-electron chi connectivity index (χ4n) is 3.22. The summed E-state index contributed by atoms with van der Waals surface area (Å²) in [6.07, 6.45) is -2.17. The monoisotopic (exact) mass is 568 g/mol. The molecule has 0 N–H and O–H groups in total. The Hall–Kier alpha value is -2.90. The van der Waals surface area contributed by atoms with Crippen molar-refractivity contribution in [2.45, 2.75) is 31.6 Å². The maximum Gasteiger partial charge on any atom is 2.00 e. The second-order valence-corrected chi connectivity index (χ2v) is 7.84. The molecule has 34 heavy (non-hydrogen) atoms. The van der Waals surface area contributed by atoms with Crippen LogP contribution in [0.2, 0.25) is 0 Å². The molecule has 0 amide bonds. The summed E-state index contributed by atoms with van der Waals surface area (Å²) in [4.78, 5) is 8.97. The first-order valence-corrected chi connectivity index (χ1v) is 9.66. The van der Waals surface area contributed by atoms with Gasteiger partial charge >= 0.3 is 32.8 Å². The van der Waals surface area contributed by atoms with Crippen molar-refractivity contribution in [2.75, 3.05) is 0 Å². The van der Waals surface area contributed by atoms with Gasteiger partial charge in [-0.2, -0.15) is 26.3 Å². The van der Waals surface area contributed by atoms with Crippen molar-refractivity contribution < 1.29 is 46.8 Å². The number of hydrogen-bond acceptors (Lipinski definition) is 2. The summed E-state index contributed by atoms with van der Waals surface area (Å²) in [6, 6.07) is 11.5. The van der Waals surface area contributed by atoms with Crippen LogP contribution < -0.4 is 0 Å². The van der Waals surface area contributed by atoms with Crippen molar-refractivity contribution in [3.8, 4) is 11.6 Å². The van der Waals surface area contributed by atoms with E-state index in [2.05, 4.69) is 22.4 Å². The molecule has 0 saturated heterocycles. The first-order valence-electron chi connectivity index (χ1n) is 9.66. The number of alkyl halides is 6. The van der Waals surface area contributed by atoms with Crippen molar-refractivity contribution in [1.82, 2.24) is 19.1 Å². The molecule has 11 heteroatoms. The number of hydrogen-bond donors (Lipinski definition) is 0. The molecule has 0 aliphatic heterocycles. The largest absolute Gasteiger partial charge is 2.00 e. The first kappa shape index (κ1) is 25.7. The molecule has 0 bridgehead atoms. The van der Waals surface area contributed by atoms with Crippen molar-refractivity contribution in [3.63, 3.8) is 0 Å². The molecule has 0 saturated carbocycles. The number of nitrogens with zero attached hydrogens (tertiary/aromatic N) is 4. The second-order valence-electron chi connectivity index (χ2n) is 7.84. The third kappa shape index (κ3) is 5.10. The molecule has 4 nitrogen and oxygen atoms in total. The fraction of sp³-hybridized carbons (Fsp3) is 0.217. The van der Waals surface area contributed by atoms with E-state index in [0.717, 1.165) is 33.7 Å². The van der Waals surface area contributed by atoms with Gasteiger partial charge in [-0.25, -0.2) is 0 Å². The number of pyridine rings is 2. The average Bonchev–Trinajstić information content (AvgIpc) is 3.44. The zero-order valence-electron chi connectivity index (χ0n) is 17.6. The maximum atomic E-state index is 12.9. The van der Waals surface area contributed by atoms with Crippen LogP contribution in [0.25, 0.3) is 11.6 Å². The van der Waals surface area contributed by atoms with Crippen molar-refractivity contribution in [2.24, 2.45) is 0 Å². The average molecular weight is 569 g/mol. The molecular weight excluding hydrogens is 553 g/mol. The Balaban J connectivity index is 0.00000324. The minimum absolute atomic E-state index is 0. The normalized spacial score (nSPS) is 12.5. The van der Waals surface area contributed by atoms with Crippen molar-refractivity contribution in [3.05, 3.63) is 95.8 Å². The Morgan fingerprint density at radius 1 is 0.676 bits per heavy atom. The number of rotatable bonds is 4. The van der Waals surface area contributed by atoms with Crippen LogP contribution in [0, 0.1) is 12.4 Å². The molecule has 4 aromatic rings.